The molecule has 96 valence electrons. The standard InChI is InChI=1S/C13H19N.C2H6S/c1-11-5-2-3-7-13(11)12-6-4-9-14-10-8-12;1-3-2/h2-3,5,7,12,14H,4,6,8-10H2,1H3;1-2H3. The first-order chi connectivity index (χ1) is 8.29. The molecule has 0 aliphatic carbocycles. The Balaban J connectivity index is 0.000000437. The Morgan fingerprint density at radius 2 is 1.82 bits per heavy atom. The van der Waals surface area contributed by atoms with Gasteiger partial charge in [-0.15, -0.1) is 0 Å². The van der Waals surface area contributed by atoms with Crippen LogP contribution in [0.5, 0.6) is 0 Å². The molecule has 2 heteroatoms. The SMILES string of the molecule is CSC.Cc1ccccc1C1CCCNCC1. The summed E-state index contributed by atoms with van der Waals surface area (Å²) in [5, 5.41) is 3.47. The molecule has 1 heterocycles. The van der Waals surface area contributed by atoms with Crippen molar-refractivity contribution in [3.8, 4) is 0 Å². The summed E-state index contributed by atoms with van der Waals surface area (Å²) in [6.45, 7) is 4.61. The minimum Gasteiger partial charge on any atom is -0.317 e. The summed E-state index contributed by atoms with van der Waals surface area (Å²) in [5.41, 5.74) is 3.02. The number of nitrogens with one attached hydrogen (secondary N) is 1. The van der Waals surface area contributed by atoms with Crippen molar-refractivity contribution in [3.63, 3.8) is 0 Å². The van der Waals surface area contributed by atoms with Crippen LogP contribution in [0.4, 0.5) is 0 Å². The van der Waals surface area contributed by atoms with Gasteiger partial charge >= 0.3 is 0 Å². The maximum absolute atomic E-state index is 3.47. The van der Waals surface area contributed by atoms with Crippen molar-refractivity contribution in [1.29, 1.82) is 0 Å². The summed E-state index contributed by atoms with van der Waals surface area (Å²) in [6.07, 6.45) is 8.04. The van der Waals surface area contributed by atoms with Crippen LogP contribution in [-0.4, -0.2) is 25.6 Å². The molecule has 1 unspecified atom stereocenters. The van der Waals surface area contributed by atoms with E-state index < -0.39 is 0 Å². The fraction of sp³-hybridized carbons (Fsp3) is 0.600. The van der Waals surface area contributed by atoms with Gasteiger partial charge in [0.2, 0.25) is 0 Å². The molecule has 1 nitrogen and oxygen atoms in total. The Morgan fingerprint density at radius 1 is 1.12 bits per heavy atom. The molecule has 0 amide bonds. The summed E-state index contributed by atoms with van der Waals surface area (Å²) in [7, 11) is 0. The van der Waals surface area contributed by atoms with E-state index in [2.05, 4.69) is 36.5 Å². The van der Waals surface area contributed by atoms with E-state index >= 15 is 0 Å². The minimum absolute atomic E-state index is 0.784. The third-order valence-corrected chi connectivity index (χ3v) is 3.20. The number of hydrogen-bond donors (Lipinski definition) is 1. The maximum atomic E-state index is 3.47. The summed E-state index contributed by atoms with van der Waals surface area (Å²) in [5.74, 6) is 0.784. The summed E-state index contributed by atoms with van der Waals surface area (Å²) in [4.78, 5) is 0. The number of hydrogen-bond acceptors (Lipinski definition) is 2. The molecule has 0 aromatic heterocycles. The molecule has 17 heavy (non-hydrogen) atoms. The number of rotatable bonds is 1. The monoisotopic (exact) mass is 251 g/mol. The Bertz CT molecular complexity index is 304. The molecule has 2 rings (SSSR count). The van der Waals surface area contributed by atoms with Gasteiger partial charge in [0.1, 0.15) is 0 Å². The van der Waals surface area contributed by atoms with Crippen LogP contribution in [0.3, 0.4) is 0 Å². The second-order valence-corrected chi connectivity index (χ2v) is 5.46. The van der Waals surface area contributed by atoms with Crippen LogP contribution in [0, 0.1) is 6.92 Å². The first kappa shape index (κ1) is 14.6. The van der Waals surface area contributed by atoms with E-state index in [0.717, 1.165) is 5.92 Å². The molecule has 1 aliphatic rings. The third-order valence-electron chi connectivity index (χ3n) is 3.20. The molecule has 1 saturated heterocycles. The van der Waals surface area contributed by atoms with Gasteiger partial charge in [-0.1, -0.05) is 24.3 Å². The molecular weight excluding hydrogens is 226 g/mol. The van der Waals surface area contributed by atoms with Crippen LogP contribution in [0.15, 0.2) is 24.3 Å². The normalized spacial score (nSPS) is 20.1. The number of benzene rings is 1. The molecule has 1 aromatic rings. The molecule has 0 radical (unpaired) electrons. The first-order valence-electron chi connectivity index (χ1n) is 6.46. The van der Waals surface area contributed by atoms with Crippen LogP contribution in [-0.2, 0) is 0 Å². The molecule has 0 saturated carbocycles. The predicted molar refractivity (Wildman–Crippen MR) is 80.1 cm³/mol. The van der Waals surface area contributed by atoms with Crippen molar-refractivity contribution in [2.45, 2.75) is 32.1 Å². The molecule has 0 spiro atoms. The highest BCUT2D eigenvalue weighted by molar-refractivity contribution is 7.97. The fourth-order valence-electron chi connectivity index (χ4n) is 2.37. The minimum atomic E-state index is 0.784. The Kier molecular flexibility index (Phi) is 7.38. The van der Waals surface area contributed by atoms with Crippen molar-refractivity contribution in [2.24, 2.45) is 0 Å². The van der Waals surface area contributed by atoms with Crippen LogP contribution in [0.2, 0.25) is 0 Å². The Hall–Kier alpha value is -0.470. The van der Waals surface area contributed by atoms with Crippen LogP contribution in [0.25, 0.3) is 0 Å². The molecule has 1 aromatic carbocycles. The van der Waals surface area contributed by atoms with Gasteiger partial charge in [0.05, 0.1) is 0 Å². The fourth-order valence-corrected chi connectivity index (χ4v) is 2.37. The topological polar surface area (TPSA) is 12.0 Å². The largest absolute Gasteiger partial charge is 0.317 e. The van der Waals surface area contributed by atoms with Gasteiger partial charge in [-0.3, -0.25) is 0 Å². The average Bonchev–Trinajstić information content (AvgIpc) is 2.59. The van der Waals surface area contributed by atoms with Crippen LogP contribution < -0.4 is 5.32 Å². The molecule has 1 aliphatic heterocycles. The number of aryl methyl sites for hydroxylation is 1. The highest BCUT2D eigenvalue weighted by atomic mass is 32.2. The smallest absolute Gasteiger partial charge is 0.00431 e. The second-order valence-electron chi connectivity index (χ2n) is 4.64. The van der Waals surface area contributed by atoms with E-state index in [1.165, 1.54) is 37.9 Å². The van der Waals surface area contributed by atoms with Gasteiger partial charge in [0.25, 0.3) is 0 Å². The van der Waals surface area contributed by atoms with Gasteiger partial charge < -0.3 is 5.32 Å². The van der Waals surface area contributed by atoms with Crippen molar-refractivity contribution < 1.29 is 0 Å². The lowest BCUT2D eigenvalue weighted by atomic mass is 9.89. The van der Waals surface area contributed by atoms with Crippen molar-refractivity contribution in [1.82, 2.24) is 5.32 Å². The van der Waals surface area contributed by atoms with Crippen molar-refractivity contribution >= 4 is 11.8 Å². The van der Waals surface area contributed by atoms with Gasteiger partial charge in [-0.05, 0) is 68.8 Å². The zero-order chi connectivity index (χ0) is 12.5. The second kappa shape index (κ2) is 8.60. The highest BCUT2D eigenvalue weighted by Gasteiger charge is 2.14. The summed E-state index contributed by atoms with van der Waals surface area (Å²) < 4.78 is 0. The maximum Gasteiger partial charge on any atom is -0.00431 e. The lowest BCUT2D eigenvalue weighted by molar-refractivity contribution is 0.606. The van der Waals surface area contributed by atoms with Gasteiger partial charge in [0, 0.05) is 0 Å². The van der Waals surface area contributed by atoms with E-state index in [0.29, 0.717) is 0 Å². The van der Waals surface area contributed by atoms with Crippen molar-refractivity contribution in [3.05, 3.63) is 35.4 Å². The van der Waals surface area contributed by atoms with E-state index in [4.69, 9.17) is 0 Å². The highest BCUT2D eigenvalue weighted by Crippen LogP contribution is 2.28. The third kappa shape index (κ3) is 5.13. The molecule has 1 N–H and O–H groups in total. The van der Waals surface area contributed by atoms with Crippen LogP contribution in [0.1, 0.15) is 36.3 Å². The predicted octanol–water partition coefficient (Wildman–Crippen LogP) is 3.83. The van der Waals surface area contributed by atoms with Crippen molar-refractivity contribution in [2.75, 3.05) is 25.6 Å². The Morgan fingerprint density at radius 3 is 2.53 bits per heavy atom. The van der Waals surface area contributed by atoms with E-state index in [9.17, 15) is 0 Å². The lowest BCUT2D eigenvalue weighted by Crippen LogP contribution is -2.13. The quantitative estimate of drug-likeness (QED) is 0.814. The zero-order valence-electron chi connectivity index (χ0n) is 11.3. The molecule has 1 atom stereocenters. The Labute approximate surface area is 110 Å². The summed E-state index contributed by atoms with van der Waals surface area (Å²) in [6, 6.07) is 8.83. The van der Waals surface area contributed by atoms with E-state index in [-0.39, 0.29) is 0 Å². The molecule has 1 fully saturated rings. The van der Waals surface area contributed by atoms with Gasteiger partial charge in [-0.25, -0.2) is 0 Å². The zero-order valence-corrected chi connectivity index (χ0v) is 12.1. The summed E-state index contributed by atoms with van der Waals surface area (Å²) >= 11 is 1.75. The van der Waals surface area contributed by atoms with Gasteiger partial charge in [0.15, 0.2) is 0 Å². The van der Waals surface area contributed by atoms with Gasteiger partial charge in [-0.2, -0.15) is 11.8 Å². The van der Waals surface area contributed by atoms with Crippen LogP contribution >= 0.6 is 11.8 Å². The van der Waals surface area contributed by atoms with E-state index in [1.807, 2.05) is 12.5 Å². The molecular formula is C15H25NS. The average molecular weight is 251 g/mol. The van der Waals surface area contributed by atoms with E-state index in [1.54, 1.807) is 17.3 Å². The lowest BCUT2D eigenvalue weighted by Gasteiger charge is -2.16. The first-order valence-corrected chi connectivity index (χ1v) is 8.09. The number of thioether (sulfide) groups is 1. The molecule has 0 bridgehead atoms.